The van der Waals surface area contributed by atoms with Crippen molar-refractivity contribution >= 4 is 0 Å². The highest BCUT2D eigenvalue weighted by molar-refractivity contribution is 5.30. The Morgan fingerprint density at radius 1 is 1.29 bits per heavy atom. The number of nitrogens with zero attached hydrogens (tertiary/aromatic N) is 2. The van der Waals surface area contributed by atoms with Crippen LogP contribution in [0.4, 0.5) is 8.78 Å². The van der Waals surface area contributed by atoms with Crippen molar-refractivity contribution in [2.75, 3.05) is 7.11 Å². The summed E-state index contributed by atoms with van der Waals surface area (Å²) in [5.41, 5.74) is 7.59. The number of benzene rings is 1. The van der Waals surface area contributed by atoms with Crippen LogP contribution in [0, 0.1) is 11.6 Å². The molecule has 6 heteroatoms. The Hall–Kier alpha value is -1.95. The van der Waals surface area contributed by atoms with Gasteiger partial charge >= 0.3 is 0 Å². The smallest absolute Gasteiger partial charge is 0.161 e. The summed E-state index contributed by atoms with van der Waals surface area (Å²) in [7, 11) is 1.55. The molecule has 4 nitrogen and oxygen atoms in total. The molecule has 2 rings (SSSR count). The van der Waals surface area contributed by atoms with E-state index in [2.05, 4.69) is 5.10 Å². The second kappa shape index (κ2) is 6.22. The Labute approximate surface area is 122 Å². The largest absolute Gasteiger partial charge is 0.493 e. The molecule has 21 heavy (non-hydrogen) atoms. The molecule has 2 N–H and O–H groups in total. The zero-order valence-electron chi connectivity index (χ0n) is 12.3. The number of methoxy groups -OCH3 is 1. The van der Waals surface area contributed by atoms with Gasteiger partial charge in [0.05, 0.1) is 25.0 Å². The third-order valence-electron chi connectivity index (χ3n) is 3.30. The van der Waals surface area contributed by atoms with E-state index < -0.39 is 17.7 Å². The summed E-state index contributed by atoms with van der Waals surface area (Å²) in [6, 6.07) is 3.50. The van der Waals surface area contributed by atoms with Crippen molar-refractivity contribution in [1.82, 2.24) is 9.78 Å². The molecule has 1 unspecified atom stereocenters. The second-order valence-corrected chi connectivity index (χ2v) is 5.20. The molecule has 0 radical (unpaired) electrons. The van der Waals surface area contributed by atoms with E-state index >= 15 is 0 Å². The van der Waals surface area contributed by atoms with Gasteiger partial charge in [-0.2, -0.15) is 5.10 Å². The summed E-state index contributed by atoms with van der Waals surface area (Å²) in [4.78, 5) is 0. The van der Waals surface area contributed by atoms with Crippen molar-refractivity contribution in [3.05, 3.63) is 47.3 Å². The highest BCUT2D eigenvalue weighted by Crippen LogP contribution is 2.28. The summed E-state index contributed by atoms with van der Waals surface area (Å²) in [6.45, 7) is 3.97. The van der Waals surface area contributed by atoms with Gasteiger partial charge in [0.1, 0.15) is 0 Å². The molecule has 1 atom stereocenters. The van der Waals surface area contributed by atoms with E-state index in [1.807, 2.05) is 13.8 Å². The van der Waals surface area contributed by atoms with Crippen molar-refractivity contribution < 1.29 is 13.5 Å². The Bertz CT molecular complexity index is 625. The van der Waals surface area contributed by atoms with Crippen LogP contribution < -0.4 is 10.5 Å². The average Bonchev–Trinajstić information content (AvgIpc) is 2.87. The topological polar surface area (TPSA) is 53.1 Å². The number of hydrogen-bond acceptors (Lipinski definition) is 3. The highest BCUT2D eigenvalue weighted by atomic mass is 19.2. The van der Waals surface area contributed by atoms with Gasteiger partial charge in [0.25, 0.3) is 0 Å². The maximum absolute atomic E-state index is 13.3. The standard InChI is InChI=1S/C15H19F2N3O/c1-9(2)20-15(14(21-3)8-19-20)13(18)7-10-4-5-11(16)12(17)6-10/h4-6,8-9,13H,7,18H2,1-3H3. The average molecular weight is 295 g/mol. The maximum Gasteiger partial charge on any atom is 0.161 e. The lowest BCUT2D eigenvalue weighted by atomic mass is 10.0. The molecule has 0 amide bonds. The van der Waals surface area contributed by atoms with Crippen molar-refractivity contribution in [3.8, 4) is 5.75 Å². The molecule has 1 aromatic heterocycles. The van der Waals surface area contributed by atoms with Crippen molar-refractivity contribution in [2.24, 2.45) is 5.73 Å². The lowest BCUT2D eigenvalue weighted by Crippen LogP contribution is -2.20. The van der Waals surface area contributed by atoms with Gasteiger partial charge in [0.15, 0.2) is 17.4 Å². The predicted molar refractivity (Wildman–Crippen MR) is 76.2 cm³/mol. The molecule has 0 aliphatic carbocycles. The Morgan fingerprint density at radius 3 is 2.57 bits per heavy atom. The number of halogens is 2. The molecule has 0 aliphatic rings. The van der Waals surface area contributed by atoms with Crippen LogP contribution in [0.3, 0.4) is 0 Å². The monoisotopic (exact) mass is 295 g/mol. The van der Waals surface area contributed by atoms with E-state index in [1.54, 1.807) is 18.0 Å². The second-order valence-electron chi connectivity index (χ2n) is 5.20. The lowest BCUT2D eigenvalue weighted by molar-refractivity contribution is 0.396. The molecule has 1 heterocycles. The minimum absolute atomic E-state index is 0.125. The van der Waals surface area contributed by atoms with Gasteiger partial charge in [0.2, 0.25) is 0 Å². The van der Waals surface area contributed by atoms with Crippen LogP contribution in [-0.2, 0) is 6.42 Å². The number of aromatic nitrogens is 2. The minimum Gasteiger partial charge on any atom is -0.493 e. The van der Waals surface area contributed by atoms with Crippen LogP contribution >= 0.6 is 0 Å². The van der Waals surface area contributed by atoms with Crippen molar-refractivity contribution in [2.45, 2.75) is 32.4 Å². The van der Waals surface area contributed by atoms with E-state index in [1.165, 1.54) is 6.07 Å². The first-order chi connectivity index (χ1) is 9.93. The fraction of sp³-hybridized carbons (Fsp3) is 0.400. The van der Waals surface area contributed by atoms with Gasteiger partial charge in [-0.3, -0.25) is 4.68 Å². The van der Waals surface area contributed by atoms with E-state index in [9.17, 15) is 8.78 Å². The molecule has 1 aromatic carbocycles. The van der Waals surface area contributed by atoms with Gasteiger partial charge in [-0.05, 0) is 38.0 Å². The van der Waals surface area contributed by atoms with Crippen LogP contribution in [0.2, 0.25) is 0 Å². The fourth-order valence-corrected chi connectivity index (χ4v) is 2.29. The molecule has 0 bridgehead atoms. The van der Waals surface area contributed by atoms with Gasteiger partial charge in [0, 0.05) is 6.04 Å². The number of rotatable bonds is 5. The van der Waals surface area contributed by atoms with Gasteiger partial charge < -0.3 is 10.5 Å². The molecule has 0 fully saturated rings. The highest BCUT2D eigenvalue weighted by Gasteiger charge is 2.21. The Morgan fingerprint density at radius 2 is 2.00 bits per heavy atom. The predicted octanol–water partition coefficient (Wildman–Crippen LogP) is 2.99. The van der Waals surface area contributed by atoms with E-state index in [4.69, 9.17) is 10.5 Å². The molecule has 2 aromatic rings. The Kier molecular flexibility index (Phi) is 4.57. The van der Waals surface area contributed by atoms with Crippen LogP contribution in [0.5, 0.6) is 5.75 Å². The van der Waals surface area contributed by atoms with Crippen LogP contribution in [0.15, 0.2) is 24.4 Å². The van der Waals surface area contributed by atoms with Gasteiger partial charge in [-0.15, -0.1) is 0 Å². The minimum atomic E-state index is -0.871. The van der Waals surface area contributed by atoms with Crippen LogP contribution in [0.25, 0.3) is 0 Å². The third kappa shape index (κ3) is 3.21. The van der Waals surface area contributed by atoms with E-state index in [-0.39, 0.29) is 6.04 Å². The summed E-state index contributed by atoms with van der Waals surface area (Å²) < 4.78 is 33.3. The molecule has 0 saturated heterocycles. The zero-order valence-corrected chi connectivity index (χ0v) is 12.3. The van der Waals surface area contributed by atoms with Gasteiger partial charge in [-0.1, -0.05) is 6.07 Å². The quantitative estimate of drug-likeness (QED) is 0.922. The SMILES string of the molecule is COc1cnn(C(C)C)c1C(N)Cc1ccc(F)c(F)c1. The lowest BCUT2D eigenvalue weighted by Gasteiger charge is -2.18. The summed E-state index contributed by atoms with van der Waals surface area (Å²) in [5.74, 6) is -1.14. The van der Waals surface area contributed by atoms with Crippen molar-refractivity contribution in [3.63, 3.8) is 0 Å². The molecule has 114 valence electrons. The normalized spacial score (nSPS) is 12.7. The summed E-state index contributed by atoms with van der Waals surface area (Å²) in [5, 5.41) is 4.26. The molecular formula is C15H19F2N3O. The van der Waals surface area contributed by atoms with Crippen molar-refractivity contribution in [1.29, 1.82) is 0 Å². The van der Waals surface area contributed by atoms with E-state index in [0.29, 0.717) is 17.7 Å². The summed E-state index contributed by atoms with van der Waals surface area (Å²) in [6.07, 6.45) is 1.98. The molecular weight excluding hydrogens is 276 g/mol. The molecule has 0 spiro atoms. The number of nitrogens with two attached hydrogens (primary N) is 1. The maximum atomic E-state index is 13.3. The Balaban J connectivity index is 2.29. The molecule has 0 aliphatic heterocycles. The van der Waals surface area contributed by atoms with Crippen LogP contribution in [-0.4, -0.2) is 16.9 Å². The fourth-order valence-electron chi connectivity index (χ4n) is 2.29. The first-order valence-electron chi connectivity index (χ1n) is 6.75. The number of ether oxygens (including phenoxy) is 1. The zero-order chi connectivity index (χ0) is 15.6. The molecule has 0 saturated carbocycles. The number of hydrogen-bond donors (Lipinski definition) is 1. The third-order valence-corrected chi connectivity index (χ3v) is 3.30. The van der Waals surface area contributed by atoms with Gasteiger partial charge in [-0.25, -0.2) is 8.78 Å². The van der Waals surface area contributed by atoms with E-state index in [0.717, 1.165) is 17.8 Å². The first kappa shape index (κ1) is 15.4. The van der Waals surface area contributed by atoms with Crippen LogP contribution in [0.1, 0.15) is 37.2 Å². The summed E-state index contributed by atoms with van der Waals surface area (Å²) >= 11 is 0. The first-order valence-corrected chi connectivity index (χ1v) is 6.75.